The number of hydrogen-bond donors (Lipinski definition) is 1. The van der Waals surface area contributed by atoms with E-state index >= 15 is 0 Å². The molecule has 0 amide bonds. The molecule has 4 aromatic carbocycles. The van der Waals surface area contributed by atoms with E-state index in [9.17, 15) is 5.11 Å². The van der Waals surface area contributed by atoms with Crippen molar-refractivity contribution in [3.63, 3.8) is 0 Å². The second kappa shape index (κ2) is 5.72. The number of aliphatic hydroxyl groups is 1. The normalized spacial score (nSPS) is 19.9. The van der Waals surface area contributed by atoms with Gasteiger partial charge in [0.2, 0.25) is 0 Å². The Morgan fingerprint density at radius 1 is 0.640 bits per heavy atom. The van der Waals surface area contributed by atoms with Crippen LogP contribution in [0.4, 0.5) is 0 Å². The van der Waals surface area contributed by atoms with Crippen molar-refractivity contribution in [2.75, 3.05) is 0 Å². The van der Waals surface area contributed by atoms with E-state index in [0.717, 1.165) is 12.8 Å². The first-order valence-electron chi connectivity index (χ1n) is 8.96. The number of benzene rings is 4. The van der Waals surface area contributed by atoms with Crippen LogP contribution in [0.2, 0.25) is 0 Å². The van der Waals surface area contributed by atoms with Gasteiger partial charge in [-0.1, -0.05) is 78.9 Å². The van der Waals surface area contributed by atoms with Crippen molar-refractivity contribution in [2.24, 2.45) is 0 Å². The van der Waals surface area contributed by atoms with Crippen molar-refractivity contribution in [1.82, 2.24) is 0 Å². The van der Waals surface area contributed by atoms with Crippen molar-refractivity contribution in [2.45, 2.75) is 24.9 Å². The summed E-state index contributed by atoms with van der Waals surface area (Å²) in [5.74, 6) is 0.153. The summed E-state index contributed by atoms with van der Waals surface area (Å²) in [5, 5.41) is 16.0. The molecule has 0 aliphatic heterocycles. The smallest absolute Gasteiger partial charge is 0.0652 e. The number of fused-ring (bicyclic) bond motifs is 3. The minimum atomic E-state index is -0.334. The van der Waals surface area contributed by atoms with Crippen molar-refractivity contribution in [1.29, 1.82) is 0 Å². The third-order valence-corrected chi connectivity index (χ3v) is 5.62. The molecule has 4 aromatic rings. The molecule has 0 aromatic heterocycles. The van der Waals surface area contributed by atoms with Gasteiger partial charge in [0.1, 0.15) is 0 Å². The number of hydrogen-bond acceptors (Lipinski definition) is 1. The van der Waals surface area contributed by atoms with Crippen molar-refractivity contribution in [3.8, 4) is 0 Å². The number of rotatable bonds is 1. The summed E-state index contributed by atoms with van der Waals surface area (Å²) < 4.78 is 0. The maximum absolute atomic E-state index is 10.9. The van der Waals surface area contributed by atoms with E-state index in [1.807, 2.05) is 0 Å². The van der Waals surface area contributed by atoms with Gasteiger partial charge in [-0.3, -0.25) is 0 Å². The third kappa shape index (κ3) is 2.43. The summed E-state index contributed by atoms with van der Waals surface area (Å²) in [6.45, 7) is 0. The van der Waals surface area contributed by atoms with Gasteiger partial charge in [-0.25, -0.2) is 0 Å². The molecular weight excluding hydrogens is 304 g/mol. The van der Waals surface area contributed by atoms with E-state index in [0.29, 0.717) is 0 Å². The Morgan fingerprint density at radius 3 is 2.00 bits per heavy atom. The summed E-state index contributed by atoms with van der Waals surface area (Å²) in [4.78, 5) is 0. The van der Waals surface area contributed by atoms with Gasteiger partial charge in [-0.05, 0) is 51.1 Å². The highest BCUT2D eigenvalue weighted by Crippen LogP contribution is 2.37. The first-order valence-corrected chi connectivity index (χ1v) is 8.96. The predicted octanol–water partition coefficient (Wildman–Crippen LogP) is 5.24. The van der Waals surface area contributed by atoms with Crippen LogP contribution in [-0.4, -0.2) is 11.2 Å². The van der Waals surface area contributed by atoms with Crippen LogP contribution < -0.4 is 0 Å². The molecule has 25 heavy (non-hydrogen) atoms. The van der Waals surface area contributed by atoms with E-state index in [1.165, 1.54) is 38.2 Å². The van der Waals surface area contributed by atoms with Crippen LogP contribution in [0.5, 0.6) is 0 Å². The molecular formula is C24H20O. The Bertz CT molecular complexity index is 1070. The average Bonchev–Trinajstić information content (AvgIpc) is 2.65. The topological polar surface area (TPSA) is 20.2 Å². The maximum Gasteiger partial charge on any atom is 0.0652 e. The van der Waals surface area contributed by atoms with Gasteiger partial charge in [0.05, 0.1) is 6.10 Å². The molecule has 5 rings (SSSR count). The molecule has 122 valence electrons. The zero-order valence-electron chi connectivity index (χ0n) is 14.0. The summed E-state index contributed by atoms with van der Waals surface area (Å²) in [5.41, 5.74) is 3.94. The van der Waals surface area contributed by atoms with Gasteiger partial charge in [0, 0.05) is 5.92 Å². The SMILES string of the molecule is O[C@H]1Cc2cc3ccccc3cc2C[C@@H]1c1cccc2ccccc12. The molecule has 0 spiro atoms. The van der Waals surface area contributed by atoms with Crippen LogP contribution in [0.25, 0.3) is 21.5 Å². The van der Waals surface area contributed by atoms with E-state index in [2.05, 4.69) is 78.9 Å². The van der Waals surface area contributed by atoms with Gasteiger partial charge in [-0.2, -0.15) is 0 Å². The van der Waals surface area contributed by atoms with Crippen LogP contribution in [-0.2, 0) is 12.8 Å². The Kier molecular flexibility index (Phi) is 3.36. The van der Waals surface area contributed by atoms with Crippen LogP contribution in [0.15, 0.2) is 78.9 Å². The van der Waals surface area contributed by atoms with E-state index in [1.54, 1.807) is 0 Å². The Labute approximate surface area is 147 Å². The van der Waals surface area contributed by atoms with Crippen molar-refractivity contribution in [3.05, 3.63) is 95.6 Å². The predicted molar refractivity (Wildman–Crippen MR) is 104 cm³/mol. The van der Waals surface area contributed by atoms with Gasteiger partial charge in [0.15, 0.2) is 0 Å². The second-order valence-corrected chi connectivity index (χ2v) is 7.12. The van der Waals surface area contributed by atoms with Crippen LogP contribution in [0.1, 0.15) is 22.6 Å². The van der Waals surface area contributed by atoms with Crippen LogP contribution in [0, 0.1) is 0 Å². The molecule has 0 radical (unpaired) electrons. The van der Waals surface area contributed by atoms with E-state index < -0.39 is 0 Å². The molecule has 1 nitrogen and oxygen atoms in total. The molecule has 2 atom stereocenters. The molecule has 1 heteroatoms. The molecule has 0 heterocycles. The zero-order chi connectivity index (χ0) is 16.8. The molecule has 0 bridgehead atoms. The first-order chi connectivity index (χ1) is 12.3. The van der Waals surface area contributed by atoms with Crippen molar-refractivity contribution >= 4 is 21.5 Å². The Morgan fingerprint density at radius 2 is 1.24 bits per heavy atom. The van der Waals surface area contributed by atoms with E-state index in [4.69, 9.17) is 0 Å². The van der Waals surface area contributed by atoms with Gasteiger partial charge >= 0.3 is 0 Å². The lowest BCUT2D eigenvalue weighted by Crippen LogP contribution is -2.28. The molecule has 1 aliphatic carbocycles. The average molecular weight is 324 g/mol. The third-order valence-electron chi connectivity index (χ3n) is 5.62. The molecule has 1 N–H and O–H groups in total. The highest BCUT2D eigenvalue weighted by molar-refractivity contribution is 5.87. The molecule has 1 aliphatic rings. The van der Waals surface area contributed by atoms with Crippen molar-refractivity contribution < 1.29 is 5.11 Å². The Balaban J connectivity index is 1.63. The monoisotopic (exact) mass is 324 g/mol. The summed E-state index contributed by atoms with van der Waals surface area (Å²) in [6.07, 6.45) is 1.29. The van der Waals surface area contributed by atoms with Crippen LogP contribution in [0.3, 0.4) is 0 Å². The lowest BCUT2D eigenvalue weighted by Gasteiger charge is -2.31. The fraction of sp³-hybridized carbons (Fsp3) is 0.167. The highest BCUT2D eigenvalue weighted by Gasteiger charge is 2.29. The van der Waals surface area contributed by atoms with Gasteiger partial charge in [-0.15, -0.1) is 0 Å². The maximum atomic E-state index is 10.9. The second-order valence-electron chi connectivity index (χ2n) is 7.12. The minimum absolute atomic E-state index is 0.153. The molecule has 0 fully saturated rings. The van der Waals surface area contributed by atoms with Gasteiger partial charge in [0.25, 0.3) is 0 Å². The lowest BCUT2D eigenvalue weighted by atomic mass is 9.76. The largest absolute Gasteiger partial charge is 0.392 e. The molecule has 0 saturated heterocycles. The van der Waals surface area contributed by atoms with Gasteiger partial charge < -0.3 is 5.11 Å². The highest BCUT2D eigenvalue weighted by atomic mass is 16.3. The fourth-order valence-electron chi connectivity index (χ4n) is 4.35. The van der Waals surface area contributed by atoms with Crippen LogP contribution >= 0.6 is 0 Å². The Hall–Kier alpha value is -2.64. The standard InChI is InChI=1S/C24H20O/c25-24-15-20-13-18-8-2-1-7-17(18)12-19(20)14-23(24)22-11-5-9-16-6-3-4-10-21(16)22/h1-13,23-25H,14-15H2/t23-,24+/m1/s1. The molecule has 0 unspecified atom stereocenters. The fourth-order valence-corrected chi connectivity index (χ4v) is 4.35. The summed E-state index contributed by atoms with van der Waals surface area (Å²) >= 11 is 0. The lowest BCUT2D eigenvalue weighted by molar-refractivity contribution is 0.136. The zero-order valence-corrected chi connectivity index (χ0v) is 14.0. The number of aliphatic hydroxyl groups excluding tert-OH is 1. The summed E-state index contributed by atoms with van der Waals surface area (Å²) in [7, 11) is 0. The quantitative estimate of drug-likeness (QED) is 0.508. The minimum Gasteiger partial charge on any atom is -0.392 e. The summed E-state index contributed by atoms with van der Waals surface area (Å²) in [6, 6.07) is 28.0. The van der Waals surface area contributed by atoms with E-state index in [-0.39, 0.29) is 12.0 Å². The molecule has 0 saturated carbocycles. The first kappa shape index (κ1) is 14.7.